The monoisotopic (exact) mass is 269 g/mol. The molecule has 2 N–H and O–H groups in total. The summed E-state index contributed by atoms with van der Waals surface area (Å²) in [6.45, 7) is 2.21. The van der Waals surface area contributed by atoms with Gasteiger partial charge in [0.15, 0.2) is 0 Å². The number of carbonyl (C=O) groups is 2. The first kappa shape index (κ1) is 17.7. The van der Waals surface area contributed by atoms with Gasteiger partial charge in [-0.1, -0.05) is 51.9 Å². The van der Waals surface area contributed by atoms with Crippen LogP contribution < -0.4 is 5.73 Å². The molecule has 0 rings (SSSR count). The summed E-state index contributed by atoms with van der Waals surface area (Å²) in [4.78, 5) is 22.2. The molecular formula is C15H27NO3. The fraction of sp³-hybridized carbons (Fsp3) is 0.733. The molecule has 0 aliphatic heterocycles. The first-order valence-corrected chi connectivity index (χ1v) is 7.20. The van der Waals surface area contributed by atoms with Crippen LogP contribution in [0.3, 0.4) is 0 Å². The number of hydrogen-bond acceptors (Lipinski definition) is 3. The number of primary amides is 1. The SMILES string of the molecule is CCCCCCCCCCC(=CC(N)=O)C(=O)OC. The third-order valence-electron chi connectivity index (χ3n) is 3.06. The summed E-state index contributed by atoms with van der Waals surface area (Å²) >= 11 is 0. The zero-order chi connectivity index (χ0) is 14.5. The van der Waals surface area contributed by atoms with E-state index in [1.165, 1.54) is 51.7 Å². The molecule has 0 atom stereocenters. The molecule has 0 fully saturated rings. The van der Waals surface area contributed by atoms with E-state index in [1.807, 2.05) is 0 Å². The second-order valence-electron chi connectivity index (χ2n) is 4.79. The molecule has 0 aliphatic carbocycles. The summed E-state index contributed by atoms with van der Waals surface area (Å²) in [6, 6.07) is 0. The second kappa shape index (κ2) is 11.8. The lowest BCUT2D eigenvalue weighted by atomic mass is 10.0. The van der Waals surface area contributed by atoms with Crippen LogP contribution in [0.5, 0.6) is 0 Å². The van der Waals surface area contributed by atoms with Gasteiger partial charge in [0.05, 0.1) is 7.11 Å². The fourth-order valence-corrected chi connectivity index (χ4v) is 1.99. The Balaban J connectivity index is 3.77. The van der Waals surface area contributed by atoms with E-state index in [2.05, 4.69) is 11.7 Å². The second-order valence-corrected chi connectivity index (χ2v) is 4.79. The maximum Gasteiger partial charge on any atom is 0.333 e. The highest BCUT2D eigenvalue weighted by Crippen LogP contribution is 2.13. The van der Waals surface area contributed by atoms with E-state index in [1.54, 1.807) is 0 Å². The van der Waals surface area contributed by atoms with Crippen LogP contribution in [0, 0.1) is 0 Å². The minimum Gasteiger partial charge on any atom is -0.466 e. The van der Waals surface area contributed by atoms with Crippen LogP contribution in [0.1, 0.15) is 64.7 Å². The Morgan fingerprint density at radius 1 is 1.00 bits per heavy atom. The zero-order valence-corrected chi connectivity index (χ0v) is 12.2. The smallest absolute Gasteiger partial charge is 0.333 e. The molecular weight excluding hydrogens is 242 g/mol. The number of carbonyl (C=O) groups excluding carboxylic acids is 2. The highest BCUT2D eigenvalue weighted by atomic mass is 16.5. The van der Waals surface area contributed by atoms with Gasteiger partial charge in [0.25, 0.3) is 0 Å². The van der Waals surface area contributed by atoms with Crippen LogP contribution in [0.2, 0.25) is 0 Å². The molecule has 0 aromatic carbocycles. The van der Waals surface area contributed by atoms with Crippen molar-refractivity contribution in [3.63, 3.8) is 0 Å². The van der Waals surface area contributed by atoms with Crippen LogP contribution in [0.15, 0.2) is 11.6 Å². The van der Waals surface area contributed by atoms with Crippen molar-refractivity contribution < 1.29 is 14.3 Å². The Morgan fingerprint density at radius 3 is 2.00 bits per heavy atom. The number of unbranched alkanes of at least 4 members (excludes halogenated alkanes) is 7. The fourth-order valence-electron chi connectivity index (χ4n) is 1.99. The topological polar surface area (TPSA) is 69.4 Å². The molecule has 4 heteroatoms. The van der Waals surface area contributed by atoms with Crippen LogP contribution in [-0.4, -0.2) is 19.0 Å². The minimum absolute atomic E-state index is 0.376. The van der Waals surface area contributed by atoms with E-state index in [-0.39, 0.29) is 0 Å². The van der Waals surface area contributed by atoms with Crippen LogP contribution in [0.25, 0.3) is 0 Å². The molecule has 1 amide bonds. The van der Waals surface area contributed by atoms with Gasteiger partial charge in [-0.15, -0.1) is 0 Å². The van der Waals surface area contributed by atoms with Crippen molar-refractivity contribution in [1.29, 1.82) is 0 Å². The number of ether oxygens (including phenoxy) is 1. The molecule has 0 unspecified atom stereocenters. The van der Waals surface area contributed by atoms with E-state index in [0.717, 1.165) is 12.8 Å². The molecule has 0 heterocycles. The van der Waals surface area contributed by atoms with Gasteiger partial charge in [0.2, 0.25) is 5.91 Å². The average molecular weight is 269 g/mol. The van der Waals surface area contributed by atoms with Crippen molar-refractivity contribution in [1.82, 2.24) is 0 Å². The van der Waals surface area contributed by atoms with E-state index < -0.39 is 11.9 Å². The molecule has 0 saturated heterocycles. The largest absolute Gasteiger partial charge is 0.466 e. The quantitative estimate of drug-likeness (QED) is 0.356. The average Bonchev–Trinajstić information content (AvgIpc) is 2.39. The number of rotatable bonds is 11. The standard InChI is InChI=1S/C15H27NO3/c1-3-4-5-6-7-8-9-10-11-13(12-14(16)17)15(18)19-2/h12H,3-11H2,1-2H3,(H2,16,17). The van der Waals surface area contributed by atoms with Gasteiger partial charge in [-0.3, -0.25) is 4.79 Å². The van der Waals surface area contributed by atoms with Crippen molar-refractivity contribution >= 4 is 11.9 Å². The molecule has 0 aromatic rings. The summed E-state index contributed by atoms with van der Waals surface area (Å²) < 4.78 is 4.62. The van der Waals surface area contributed by atoms with Crippen molar-refractivity contribution in [3.8, 4) is 0 Å². The number of esters is 1. The normalized spacial score (nSPS) is 11.4. The Bertz CT molecular complexity index is 298. The molecule has 0 saturated carbocycles. The van der Waals surface area contributed by atoms with Crippen molar-refractivity contribution in [3.05, 3.63) is 11.6 Å². The van der Waals surface area contributed by atoms with E-state index in [4.69, 9.17) is 5.73 Å². The first-order valence-electron chi connectivity index (χ1n) is 7.20. The number of methoxy groups -OCH3 is 1. The lowest BCUT2D eigenvalue weighted by Gasteiger charge is -2.05. The van der Waals surface area contributed by atoms with Crippen molar-refractivity contribution in [2.75, 3.05) is 7.11 Å². The van der Waals surface area contributed by atoms with Gasteiger partial charge in [0, 0.05) is 11.6 Å². The molecule has 0 bridgehead atoms. The van der Waals surface area contributed by atoms with Crippen molar-refractivity contribution in [2.24, 2.45) is 5.73 Å². The Labute approximate surface area is 116 Å². The first-order chi connectivity index (χ1) is 9.11. The zero-order valence-electron chi connectivity index (χ0n) is 12.2. The van der Waals surface area contributed by atoms with Crippen LogP contribution >= 0.6 is 0 Å². The predicted molar refractivity (Wildman–Crippen MR) is 76.5 cm³/mol. The summed E-state index contributed by atoms with van der Waals surface area (Å²) in [6.07, 6.45) is 11.3. The highest BCUT2D eigenvalue weighted by molar-refractivity contribution is 5.97. The Kier molecular flexibility index (Phi) is 10.9. The van der Waals surface area contributed by atoms with Crippen molar-refractivity contribution in [2.45, 2.75) is 64.7 Å². The summed E-state index contributed by atoms with van der Waals surface area (Å²) in [7, 11) is 1.31. The summed E-state index contributed by atoms with van der Waals surface area (Å²) in [5.74, 6) is -1.05. The highest BCUT2D eigenvalue weighted by Gasteiger charge is 2.10. The molecule has 0 aromatic heterocycles. The van der Waals surface area contributed by atoms with E-state index >= 15 is 0 Å². The van der Waals surface area contributed by atoms with E-state index in [9.17, 15) is 9.59 Å². The van der Waals surface area contributed by atoms with Gasteiger partial charge >= 0.3 is 5.97 Å². The Morgan fingerprint density at radius 2 is 1.53 bits per heavy atom. The molecule has 0 spiro atoms. The third-order valence-corrected chi connectivity index (χ3v) is 3.06. The Hall–Kier alpha value is -1.32. The maximum absolute atomic E-state index is 11.4. The predicted octanol–water partition coefficient (Wildman–Crippen LogP) is 3.10. The van der Waals surface area contributed by atoms with Crippen LogP contribution in [0.4, 0.5) is 0 Å². The molecule has 0 radical (unpaired) electrons. The van der Waals surface area contributed by atoms with E-state index in [0.29, 0.717) is 12.0 Å². The van der Waals surface area contributed by atoms with Gasteiger partial charge in [-0.25, -0.2) is 4.79 Å². The van der Waals surface area contributed by atoms with Gasteiger partial charge < -0.3 is 10.5 Å². The minimum atomic E-state index is -0.597. The number of hydrogen-bond donors (Lipinski definition) is 1. The molecule has 0 aliphatic rings. The number of nitrogens with two attached hydrogens (primary N) is 1. The maximum atomic E-state index is 11.4. The van der Waals surface area contributed by atoms with Gasteiger partial charge in [-0.05, 0) is 12.8 Å². The molecule has 110 valence electrons. The number of amides is 1. The van der Waals surface area contributed by atoms with Gasteiger partial charge in [-0.2, -0.15) is 0 Å². The molecule has 4 nitrogen and oxygen atoms in total. The molecule has 19 heavy (non-hydrogen) atoms. The lowest BCUT2D eigenvalue weighted by Crippen LogP contribution is -2.12. The van der Waals surface area contributed by atoms with Crippen LogP contribution in [-0.2, 0) is 14.3 Å². The summed E-state index contributed by atoms with van der Waals surface area (Å²) in [5, 5.41) is 0. The lowest BCUT2D eigenvalue weighted by molar-refractivity contribution is -0.136. The van der Waals surface area contributed by atoms with Gasteiger partial charge in [0.1, 0.15) is 0 Å². The third kappa shape index (κ3) is 10.3. The summed E-state index contributed by atoms with van der Waals surface area (Å²) in [5.41, 5.74) is 5.44.